The standard InChI is InChI=1S/C17H17NO3/c1-11-7-8-13-5-3-4-6-14(13)16(11)18(12(2)19)15-9-10-21-17(15)20/h3-8,15H,9-10H2,1-2H3. The Bertz CT molecular complexity index is 723. The van der Waals surface area contributed by atoms with Crippen molar-refractivity contribution in [2.45, 2.75) is 26.3 Å². The number of anilines is 1. The Morgan fingerprint density at radius 2 is 2.00 bits per heavy atom. The molecule has 4 heteroatoms. The molecule has 0 spiro atoms. The lowest BCUT2D eigenvalue weighted by atomic mass is 10.0. The molecule has 1 saturated heterocycles. The van der Waals surface area contributed by atoms with E-state index in [1.54, 1.807) is 4.90 Å². The number of aryl methyl sites for hydroxylation is 1. The average Bonchev–Trinajstić information content (AvgIpc) is 2.87. The third-order valence-electron chi connectivity index (χ3n) is 3.90. The van der Waals surface area contributed by atoms with Crippen molar-refractivity contribution in [3.8, 4) is 0 Å². The van der Waals surface area contributed by atoms with Gasteiger partial charge in [-0.1, -0.05) is 36.4 Å². The molecule has 1 fully saturated rings. The lowest BCUT2D eigenvalue weighted by Crippen LogP contribution is -2.42. The number of esters is 1. The smallest absolute Gasteiger partial charge is 0.329 e. The number of nitrogens with zero attached hydrogens (tertiary/aromatic N) is 1. The molecule has 1 aliphatic heterocycles. The first-order valence-electron chi connectivity index (χ1n) is 7.04. The van der Waals surface area contributed by atoms with Crippen LogP contribution in [0.5, 0.6) is 0 Å². The number of rotatable bonds is 2. The monoisotopic (exact) mass is 283 g/mol. The highest BCUT2D eigenvalue weighted by Crippen LogP contribution is 2.33. The van der Waals surface area contributed by atoms with Crippen LogP contribution in [0.3, 0.4) is 0 Å². The summed E-state index contributed by atoms with van der Waals surface area (Å²) in [5.74, 6) is -0.462. The summed E-state index contributed by atoms with van der Waals surface area (Å²) in [5, 5.41) is 2.03. The van der Waals surface area contributed by atoms with Crippen LogP contribution < -0.4 is 4.90 Å². The van der Waals surface area contributed by atoms with E-state index in [-0.39, 0.29) is 11.9 Å². The highest BCUT2D eigenvalue weighted by atomic mass is 16.5. The first-order valence-corrected chi connectivity index (χ1v) is 7.04. The molecule has 4 nitrogen and oxygen atoms in total. The van der Waals surface area contributed by atoms with E-state index < -0.39 is 6.04 Å². The van der Waals surface area contributed by atoms with Crippen LogP contribution in [0.2, 0.25) is 0 Å². The molecule has 2 aromatic carbocycles. The van der Waals surface area contributed by atoms with Gasteiger partial charge in [0.1, 0.15) is 6.04 Å². The average molecular weight is 283 g/mol. The predicted molar refractivity (Wildman–Crippen MR) is 81.2 cm³/mol. The van der Waals surface area contributed by atoms with E-state index in [4.69, 9.17) is 4.74 Å². The van der Waals surface area contributed by atoms with Crippen LogP contribution in [0, 0.1) is 6.92 Å². The maximum absolute atomic E-state index is 12.2. The van der Waals surface area contributed by atoms with E-state index in [1.807, 2.05) is 43.3 Å². The highest BCUT2D eigenvalue weighted by molar-refractivity contribution is 6.07. The van der Waals surface area contributed by atoms with Crippen molar-refractivity contribution in [2.75, 3.05) is 11.5 Å². The third kappa shape index (κ3) is 2.27. The lowest BCUT2D eigenvalue weighted by Gasteiger charge is -2.28. The minimum Gasteiger partial charge on any atom is -0.464 e. The molecular formula is C17H17NO3. The molecule has 108 valence electrons. The van der Waals surface area contributed by atoms with Gasteiger partial charge >= 0.3 is 5.97 Å². The molecule has 3 rings (SSSR count). The second-order valence-corrected chi connectivity index (χ2v) is 5.31. The van der Waals surface area contributed by atoms with Crippen molar-refractivity contribution in [1.29, 1.82) is 0 Å². The first kappa shape index (κ1) is 13.6. The van der Waals surface area contributed by atoms with Crippen LogP contribution in [0.4, 0.5) is 5.69 Å². The number of fused-ring (bicyclic) bond motifs is 1. The zero-order chi connectivity index (χ0) is 15.0. The van der Waals surface area contributed by atoms with E-state index in [2.05, 4.69) is 0 Å². The lowest BCUT2D eigenvalue weighted by molar-refractivity contribution is -0.140. The summed E-state index contributed by atoms with van der Waals surface area (Å²) in [6, 6.07) is 11.4. The molecule has 0 N–H and O–H groups in total. The SMILES string of the molecule is CC(=O)N(c1c(C)ccc2ccccc12)C1CCOC1=O. The number of amides is 1. The van der Waals surface area contributed by atoms with Crippen molar-refractivity contribution in [1.82, 2.24) is 0 Å². The molecule has 1 unspecified atom stereocenters. The fourth-order valence-corrected chi connectivity index (χ4v) is 2.94. The van der Waals surface area contributed by atoms with Crippen molar-refractivity contribution < 1.29 is 14.3 Å². The number of benzene rings is 2. The van der Waals surface area contributed by atoms with E-state index in [1.165, 1.54) is 6.92 Å². The largest absolute Gasteiger partial charge is 0.464 e. The van der Waals surface area contributed by atoms with Gasteiger partial charge in [-0.2, -0.15) is 0 Å². The molecule has 0 aliphatic carbocycles. The van der Waals surface area contributed by atoms with Crippen LogP contribution in [0.25, 0.3) is 10.8 Å². The quantitative estimate of drug-likeness (QED) is 0.796. The summed E-state index contributed by atoms with van der Waals surface area (Å²) in [7, 11) is 0. The number of carbonyl (C=O) groups excluding carboxylic acids is 2. The summed E-state index contributed by atoms with van der Waals surface area (Å²) in [4.78, 5) is 25.7. The molecular weight excluding hydrogens is 266 g/mol. The molecule has 1 atom stereocenters. The maximum Gasteiger partial charge on any atom is 0.329 e. The van der Waals surface area contributed by atoms with Gasteiger partial charge in [-0.05, 0) is 17.9 Å². The highest BCUT2D eigenvalue weighted by Gasteiger charge is 2.36. The number of ether oxygens (including phenoxy) is 1. The Balaban J connectivity index is 2.22. The van der Waals surface area contributed by atoms with Crippen LogP contribution in [-0.2, 0) is 14.3 Å². The molecule has 1 aliphatic rings. The topological polar surface area (TPSA) is 46.6 Å². The third-order valence-corrected chi connectivity index (χ3v) is 3.90. The van der Waals surface area contributed by atoms with Gasteiger partial charge in [-0.25, -0.2) is 4.79 Å². The van der Waals surface area contributed by atoms with E-state index >= 15 is 0 Å². The van der Waals surface area contributed by atoms with Gasteiger partial charge in [0.15, 0.2) is 0 Å². The van der Waals surface area contributed by atoms with Crippen LogP contribution in [-0.4, -0.2) is 24.5 Å². The minimum atomic E-state index is -0.521. The normalized spacial score (nSPS) is 17.8. The Morgan fingerprint density at radius 3 is 2.67 bits per heavy atom. The fraction of sp³-hybridized carbons (Fsp3) is 0.294. The minimum absolute atomic E-state index is 0.140. The van der Waals surface area contributed by atoms with Crippen LogP contribution in [0.15, 0.2) is 36.4 Å². The van der Waals surface area contributed by atoms with Gasteiger partial charge in [0.2, 0.25) is 5.91 Å². The maximum atomic E-state index is 12.2. The molecule has 1 heterocycles. The number of hydrogen-bond acceptors (Lipinski definition) is 3. The van der Waals surface area contributed by atoms with Crippen molar-refractivity contribution in [3.63, 3.8) is 0 Å². The zero-order valence-electron chi connectivity index (χ0n) is 12.1. The van der Waals surface area contributed by atoms with E-state index in [0.29, 0.717) is 13.0 Å². The van der Waals surface area contributed by atoms with Gasteiger partial charge < -0.3 is 4.74 Å². The Kier molecular flexibility index (Phi) is 3.37. The van der Waals surface area contributed by atoms with Crippen molar-refractivity contribution in [3.05, 3.63) is 42.0 Å². The second-order valence-electron chi connectivity index (χ2n) is 5.31. The molecule has 0 bridgehead atoms. The molecule has 2 aromatic rings. The molecule has 0 radical (unpaired) electrons. The van der Waals surface area contributed by atoms with Crippen molar-refractivity contribution in [2.24, 2.45) is 0 Å². The van der Waals surface area contributed by atoms with Gasteiger partial charge in [-0.15, -0.1) is 0 Å². The summed E-state index contributed by atoms with van der Waals surface area (Å²) < 4.78 is 5.04. The van der Waals surface area contributed by atoms with Gasteiger partial charge in [0.05, 0.1) is 12.3 Å². The Hall–Kier alpha value is -2.36. The summed E-state index contributed by atoms with van der Waals surface area (Å²) >= 11 is 0. The Morgan fingerprint density at radius 1 is 1.24 bits per heavy atom. The molecule has 21 heavy (non-hydrogen) atoms. The zero-order valence-corrected chi connectivity index (χ0v) is 12.1. The van der Waals surface area contributed by atoms with Crippen molar-refractivity contribution >= 4 is 28.3 Å². The van der Waals surface area contributed by atoms with Crippen LogP contribution in [0.1, 0.15) is 18.9 Å². The van der Waals surface area contributed by atoms with Gasteiger partial charge in [-0.3, -0.25) is 9.69 Å². The number of cyclic esters (lactones) is 1. The first-order chi connectivity index (χ1) is 10.1. The summed E-state index contributed by atoms with van der Waals surface area (Å²) in [5.41, 5.74) is 1.79. The fourth-order valence-electron chi connectivity index (χ4n) is 2.94. The van der Waals surface area contributed by atoms with E-state index in [9.17, 15) is 9.59 Å². The molecule has 0 saturated carbocycles. The Labute approximate surface area is 123 Å². The molecule has 0 aromatic heterocycles. The summed E-state index contributed by atoms with van der Waals surface area (Å²) in [6.07, 6.45) is 0.543. The van der Waals surface area contributed by atoms with E-state index in [0.717, 1.165) is 22.0 Å². The predicted octanol–water partition coefficient (Wildman–Crippen LogP) is 2.82. The number of carbonyl (C=O) groups is 2. The van der Waals surface area contributed by atoms with Crippen LogP contribution >= 0.6 is 0 Å². The second kappa shape index (κ2) is 5.20. The summed E-state index contributed by atoms with van der Waals surface area (Å²) in [6.45, 7) is 3.82. The van der Waals surface area contributed by atoms with Gasteiger partial charge in [0, 0.05) is 18.7 Å². The van der Waals surface area contributed by atoms with Gasteiger partial charge in [0.25, 0.3) is 0 Å². The number of hydrogen-bond donors (Lipinski definition) is 0. The molecule has 1 amide bonds.